The van der Waals surface area contributed by atoms with Gasteiger partial charge in [0.1, 0.15) is 11.6 Å². The number of hydrogen-bond donors (Lipinski definition) is 1. The molecule has 9 heteroatoms. The highest BCUT2D eigenvalue weighted by molar-refractivity contribution is 5.89. The van der Waals surface area contributed by atoms with Crippen LogP contribution in [0.25, 0.3) is 0 Å². The number of nitrogens with one attached hydrogen (secondary N) is 1. The molecule has 0 aliphatic carbocycles. The summed E-state index contributed by atoms with van der Waals surface area (Å²) in [4.78, 5) is 28.9. The monoisotopic (exact) mass is 402 g/mol. The molecule has 1 saturated heterocycles. The number of hydrogen-bond acceptors (Lipinski definition) is 4. The van der Waals surface area contributed by atoms with Crippen molar-refractivity contribution in [1.82, 2.24) is 24.1 Å². The van der Waals surface area contributed by atoms with Gasteiger partial charge in [0.15, 0.2) is 0 Å². The summed E-state index contributed by atoms with van der Waals surface area (Å²) in [7, 11) is 0. The second kappa shape index (κ2) is 8.77. The van der Waals surface area contributed by atoms with Gasteiger partial charge < -0.3 is 10.2 Å². The summed E-state index contributed by atoms with van der Waals surface area (Å²) in [6.07, 6.45) is 3.83. The van der Waals surface area contributed by atoms with Gasteiger partial charge in [-0.2, -0.15) is 5.10 Å². The van der Waals surface area contributed by atoms with E-state index in [9.17, 15) is 14.0 Å². The maximum Gasteiger partial charge on any atom is 0.345 e. The van der Waals surface area contributed by atoms with Crippen LogP contribution in [0.3, 0.4) is 0 Å². The lowest BCUT2D eigenvalue weighted by atomic mass is 10.2. The molecule has 4 rings (SSSR count). The summed E-state index contributed by atoms with van der Waals surface area (Å²) in [6.45, 7) is 4.80. The zero-order valence-corrected chi connectivity index (χ0v) is 16.5. The Balaban J connectivity index is 1.30. The third-order valence-corrected chi connectivity index (χ3v) is 5.65. The first-order chi connectivity index (χ1) is 14.1. The number of benzene rings is 1. The third kappa shape index (κ3) is 4.50. The number of aromatic nitrogens is 3. The summed E-state index contributed by atoms with van der Waals surface area (Å²) < 4.78 is 17.1. The number of rotatable bonds is 4. The number of fused-ring (bicyclic) bond motifs is 1. The van der Waals surface area contributed by atoms with Gasteiger partial charge in [-0.25, -0.2) is 18.7 Å². The summed E-state index contributed by atoms with van der Waals surface area (Å²) in [5, 5.41) is 7.14. The number of amides is 2. The van der Waals surface area contributed by atoms with Gasteiger partial charge in [0, 0.05) is 39.1 Å². The second-order valence-corrected chi connectivity index (χ2v) is 7.62. The normalized spacial score (nSPS) is 17.6. The highest BCUT2D eigenvalue weighted by Gasteiger charge is 2.21. The van der Waals surface area contributed by atoms with Crippen LogP contribution in [-0.4, -0.2) is 62.9 Å². The molecule has 8 nitrogen and oxygen atoms in total. The second-order valence-electron chi connectivity index (χ2n) is 7.62. The van der Waals surface area contributed by atoms with E-state index in [1.807, 2.05) is 0 Å². The van der Waals surface area contributed by atoms with Crippen LogP contribution in [0.15, 0.2) is 29.1 Å². The molecule has 2 amide bonds. The van der Waals surface area contributed by atoms with Crippen LogP contribution in [0.4, 0.5) is 14.9 Å². The van der Waals surface area contributed by atoms with Gasteiger partial charge in [0.25, 0.3) is 0 Å². The van der Waals surface area contributed by atoms with Crippen molar-refractivity contribution in [3.8, 4) is 0 Å². The fourth-order valence-corrected chi connectivity index (χ4v) is 3.98. The first-order valence-corrected chi connectivity index (χ1v) is 10.3. The number of aryl methyl sites for hydroxylation is 1. The van der Waals surface area contributed by atoms with Crippen molar-refractivity contribution in [2.45, 2.75) is 38.8 Å². The molecule has 0 bridgehead atoms. The lowest BCUT2D eigenvalue weighted by Crippen LogP contribution is -2.39. The van der Waals surface area contributed by atoms with Crippen LogP contribution in [0.5, 0.6) is 0 Å². The Morgan fingerprint density at radius 1 is 1.03 bits per heavy atom. The van der Waals surface area contributed by atoms with Crippen LogP contribution in [-0.2, 0) is 19.5 Å². The van der Waals surface area contributed by atoms with Crippen molar-refractivity contribution in [3.05, 3.63) is 46.4 Å². The van der Waals surface area contributed by atoms with Crippen molar-refractivity contribution < 1.29 is 9.18 Å². The molecule has 1 N–H and O–H groups in total. The molecule has 1 aromatic carbocycles. The van der Waals surface area contributed by atoms with Crippen LogP contribution in [0, 0.1) is 5.82 Å². The molecule has 156 valence electrons. The lowest BCUT2D eigenvalue weighted by molar-refractivity contribution is 0.210. The topological polar surface area (TPSA) is 75.4 Å². The molecule has 0 unspecified atom stereocenters. The van der Waals surface area contributed by atoms with E-state index in [2.05, 4.69) is 15.3 Å². The molecule has 3 heterocycles. The summed E-state index contributed by atoms with van der Waals surface area (Å²) >= 11 is 0. The highest BCUT2D eigenvalue weighted by atomic mass is 19.1. The van der Waals surface area contributed by atoms with Gasteiger partial charge in [-0.05, 0) is 37.9 Å². The Bertz CT molecular complexity index is 924. The molecular formula is C20H27FN6O2. The molecule has 2 aromatic rings. The summed E-state index contributed by atoms with van der Waals surface area (Å²) in [5.41, 5.74) is 0.183. The van der Waals surface area contributed by atoms with Gasteiger partial charge in [-0.15, -0.1) is 0 Å². The molecule has 0 saturated carbocycles. The summed E-state index contributed by atoms with van der Waals surface area (Å²) in [6, 6.07) is 5.89. The van der Waals surface area contributed by atoms with Crippen molar-refractivity contribution in [1.29, 1.82) is 0 Å². The minimum Gasteiger partial charge on any atom is -0.323 e. The molecule has 1 aromatic heterocycles. The SMILES string of the molecule is O=C(Nc1ccccc1F)N1CCCN(CCn2nc3n(c2=O)CCCC3)CC1. The predicted molar refractivity (Wildman–Crippen MR) is 107 cm³/mol. The number of para-hydroxylation sites is 1. The quantitative estimate of drug-likeness (QED) is 0.846. The Kier molecular flexibility index (Phi) is 5.94. The summed E-state index contributed by atoms with van der Waals surface area (Å²) in [5.74, 6) is 0.457. The smallest absolute Gasteiger partial charge is 0.323 e. The van der Waals surface area contributed by atoms with Crippen molar-refractivity contribution in [2.75, 3.05) is 38.0 Å². The number of carbonyl (C=O) groups is 1. The first kappa shape index (κ1) is 19.6. The number of carbonyl (C=O) groups excluding carboxylic acids is 1. The largest absolute Gasteiger partial charge is 0.345 e. The molecule has 0 spiro atoms. The Labute approximate surface area is 168 Å². The zero-order valence-electron chi connectivity index (χ0n) is 16.5. The number of urea groups is 1. The standard InChI is InChI=1S/C20H27FN6O2/c21-16-6-1-2-7-17(16)22-19(28)25-10-5-9-24(12-14-25)13-15-27-20(29)26-11-4-3-8-18(26)23-27/h1-2,6-7H,3-5,8-15H2,(H,22,28). The van der Waals surface area contributed by atoms with Gasteiger partial charge >= 0.3 is 11.7 Å². The number of halogens is 1. The van der Waals surface area contributed by atoms with Gasteiger partial charge in [0.2, 0.25) is 0 Å². The Morgan fingerprint density at radius 2 is 1.90 bits per heavy atom. The highest BCUT2D eigenvalue weighted by Crippen LogP contribution is 2.14. The van der Waals surface area contributed by atoms with Crippen LogP contribution < -0.4 is 11.0 Å². The van der Waals surface area contributed by atoms with E-state index in [0.29, 0.717) is 26.2 Å². The maximum atomic E-state index is 13.8. The van der Waals surface area contributed by atoms with Crippen LogP contribution in [0.2, 0.25) is 0 Å². The lowest BCUT2D eigenvalue weighted by Gasteiger charge is -2.22. The van der Waals surface area contributed by atoms with E-state index < -0.39 is 5.82 Å². The average Bonchev–Trinajstić information content (AvgIpc) is 2.90. The molecule has 1 fully saturated rings. The fourth-order valence-electron chi connectivity index (χ4n) is 3.98. The average molecular weight is 402 g/mol. The van der Waals surface area contributed by atoms with E-state index in [0.717, 1.165) is 51.1 Å². The van der Waals surface area contributed by atoms with Gasteiger partial charge in [-0.1, -0.05) is 12.1 Å². The molecular weight excluding hydrogens is 375 g/mol. The van der Waals surface area contributed by atoms with Crippen molar-refractivity contribution >= 4 is 11.7 Å². The van der Waals surface area contributed by atoms with Crippen LogP contribution >= 0.6 is 0 Å². The molecule has 2 aliphatic rings. The van der Waals surface area contributed by atoms with E-state index in [1.165, 1.54) is 6.07 Å². The number of nitrogens with zero attached hydrogens (tertiary/aromatic N) is 5. The fraction of sp³-hybridized carbons (Fsp3) is 0.550. The van der Waals surface area contributed by atoms with E-state index >= 15 is 0 Å². The van der Waals surface area contributed by atoms with Gasteiger partial charge in [0.05, 0.1) is 12.2 Å². The molecule has 0 atom stereocenters. The minimum absolute atomic E-state index is 0.0135. The zero-order chi connectivity index (χ0) is 20.2. The minimum atomic E-state index is -0.439. The van der Waals surface area contributed by atoms with Crippen molar-refractivity contribution in [2.24, 2.45) is 0 Å². The van der Waals surface area contributed by atoms with Crippen molar-refractivity contribution in [3.63, 3.8) is 0 Å². The number of anilines is 1. The van der Waals surface area contributed by atoms with E-state index in [1.54, 1.807) is 32.3 Å². The Morgan fingerprint density at radius 3 is 2.72 bits per heavy atom. The van der Waals surface area contributed by atoms with Crippen LogP contribution in [0.1, 0.15) is 25.1 Å². The Hall–Kier alpha value is -2.68. The molecule has 2 aliphatic heterocycles. The predicted octanol–water partition coefficient (Wildman–Crippen LogP) is 1.76. The van der Waals surface area contributed by atoms with E-state index in [-0.39, 0.29) is 17.4 Å². The third-order valence-electron chi connectivity index (χ3n) is 5.65. The molecule has 0 radical (unpaired) electrons. The molecule has 29 heavy (non-hydrogen) atoms. The first-order valence-electron chi connectivity index (χ1n) is 10.3. The maximum absolute atomic E-state index is 13.8. The van der Waals surface area contributed by atoms with Gasteiger partial charge in [-0.3, -0.25) is 9.47 Å². The van der Waals surface area contributed by atoms with E-state index in [4.69, 9.17) is 0 Å².